The SMILES string of the molecule is CN(C(=O)N[C@H]1CCCCCC=C[C@@H]2C[C@@]2(C(=O)NS(=O)(=O)C2(C)CC2)NC(=O)[C@@H]2C[C@@H](OC(=O)N3Cc4cccc(F)c4C3)CN2C1=O)C(C)(C)C. The van der Waals surface area contributed by atoms with Gasteiger partial charge in [-0.25, -0.2) is 22.4 Å². The first kappa shape index (κ1) is 38.5. The van der Waals surface area contributed by atoms with Crippen molar-refractivity contribution < 1.29 is 41.5 Å². The Bertz CT molecular complexity index is 1810. The van der Waals surface area contributed by atoms with Crippen LogP contribution in [0.25, 0.3) is 0 Å². The molecule has 6 rings (SSSR count). The van der Waals surface area contributed by atoms with Crippen LogP contribution in [0.15, 0.2) is 30.4 Å². The molecular formula is C37H51FN6O8S. The fourth-order valence-corrected chi connectivity index (χ4v) is 8.54. The lowest BCUT2D eigenvalue weighted by Crippen LogP contribution is -2.59. The molecule has 0 radical (unpaired) electrons. The minimum Gasteiger partial charge on any atom is -0.444 e. The summed E-state index contributed by atoms with van der Waals surface area (Å²) in [5, 5.41) is 5.68. The normalized spacial score (nSPS) is 28.3. The maximum absolute atomic E-state index is 14.5. The van der Waals surface area contributed by atoms with E-state index in [9.17, 15) is 36.8 Å². The van der Waals surface area contributed by atoms with Crippen molar-refractivity contribution in [2.24, 2.45) is 5.92 Å². The number of carbonyl (C=O) groups is 5. The average Bonchev–Trinajstić information content (AvgIpc) is 3.88. The van der Waals surface area contributed by atoms with Gasteiger partial charge in [0.25, 0.3) is 5.91 Å². The van der Waals surface area contributed by atoms with E-state index in [2.05, 4.69) is 15.4 Å². The van der Waals surface area contributed by atoms with Gasteiger partial charge in [0.1, 0.15) is 29.5 Å². The molecule has 0 unspecified atom stereocenters. The molecule has 3 heterocycles. The molecule has 3 N–H and O–H groups in total. The van der Waals surface area contributed by atoms with Crippen molar-refractivity contribution in [1.29, 1.82) is 0 Å². The molecule has 0 spiro atoms. The number of rotatable bonds is 5. The molecule has 1 saturated heterocycles. The molecule has 0 bridgehead atoms. The Labute approximate surface area is 310 Å². The fraction of sp³-hybridized carbons (Fsp3) is 0.649. The molecule has 2 saturated carbocycles. The molecule has 14 nitrogen and oxygen atoms in total. The standard InChI is InChI=1S/C37H51FN6O8S/c1-35(2,3)42(5)33(48)39-28-15-10-8-6-7-9-13-24-19-37(24,32(47)41-53(50,51)36(4)16-17-36)40-30(45)29-18-25(21-44(29)31(28)46)52-34(49)43-20-23-12-11-14-27(38)26(23)22-43/h9,11-14,24-25,28-29H,6-8,10,15-22H2,1-5H3,(H,39,48)(H,40,45)(H,41,47)/t24-,25-,28+,29+,37-/m1/s1. The number of hydrogen-bond acceptors (Lipinski definition) is 8. The number of benzene rings is 1. The van der Waals surface area contributed by atoms with Crippen molar-refractivity contribution in [3.05, 3.63) is 47.3 Å². The molecule has 5 aliphatic rings. The van der Waals surface area contributed by atoms with Crippen molar-refractivity contribution in [3.63, 3.8) is 0 Å². The number of ether oxygens (including phenoxy) is 1. The van der Waals surface area contributed by atoms with Crippen LogP contribution in [0.2, 0.25) is 0 Å². The zero-order valence-electron chi connectivity index (χ0n) is 31.1. The number of carbonyl (C=O) groups excluding carboxylic acids is 5. The topological polar surface area (TPSA) is 175 Å². The molecule has 5 atom stereocenters. The van der Waals surface area contributed by atoms with Gasteiger partial charge in [-0.05, 0) is 77.8 Å². The van der Waals surface area contributed by atoms with Crippen LogP contribution < -0.4 is 15.4 Å². The molecule has 1 aromatic carbocycles. The van der Waals surface area contributed by atoms with Crippen molar-refractivity contribution >= 4 is 39.9 Å². The molecule has 53 heavy (non-hydrogen) atoms. The van der Waals surface area contributed by atoms with Gasteiger partial charge in [-0.1, -0.05) is 37.1 Å². The highest BCUT2D eigenvalue weighted by atomic mass is 32.2. The summed E-state index contributed by atoms with van der Waals surface area (Å²) in [4.78, 5) is 73.4. The average molecular weight is 759 g/mol. The third-order valence-electron chi connectivity index (χ3n) is 11.5. The highest BCUT2D eigenvalue weighted by Crippen LogP contribution is 2.47. The zero-order chi connectivity index (χ0) is 38.5. The fourth-order valence-electron chi connectivity index (χ4n) is 7.22. The minimum absolute atomic E-state index is 0.00398. The van der Waals surface area contributed by atoms with E-state index in [-0.39, 0.29) is 32.5 Å². The van der Waals surface area contributed by atoms with Gasteiger partial charge in [0, 0.05) is 37.0 Å². The highest BCUT2D eigenvalue weighted by Gasteiger charge is 2.63. The number of nitrogens with one attached hydrogen (secondary N) is 3. The molecule has 1 aromatic rings. The van der Waals surface area contributed by atoms with Crippen molar-refractivity contribution in [2.75, 3.05) is 13.6 Å². The van der Waals surface area contributed by atoms with Crippen LogP contribution in [-0.2, 0) is 42.2 Å². The summed E-state index contributed by atoms with van der Waals surface area (Å²) in [6.07, 6.45) is 6.03. The van der Waals surface area contributed by atoms with Gasteiger partial charge in [-0.3, -0.25) is 24.0 Å². The van der Waals surface area contributed by atoms with Crippen LogP contribution in [-0.4, -0.2) is 101 Å². The largest absolute Gasteiger partial charge is 0.444 e. The van der Waals surface area contributed by atoms with Crippen molar-refractivity contribution in [3.8, 4) is 0 Å². The van der Waals surface area contributed by atoms with Gasteiger partial charge >= 0.3 is 12.1 Å². The molecule has 3 aliphatic heterocycles. The van der Waals surface area contributed by atoms with E-state index in [4.69, 9.17) is 4.74 Å². The van der Waals surface area contributed by atoms with E-state index >= 15 is 0 Å². The number of hydrogen-bond donors (Lipinski definition) is 3. The Hall–Kier alpha value is -4.21. The zero-order valence-corrected chi connectivity index (χ0v) is 31.9. The number of fused-ring (bicyclic) bond motifs is 3. The Morgan fingerprint density at radius 3 is 2.51 bits per heavy atom. The third-order valence-corrected chi connectivity index (χ3v) is 13.7. The number of urea groups is 1. The first-order valence-corrected chi connectivity index (χ1v) is 20.0. The van der Waals surface area contributed by atoms with E-state index in [1.165, 1.54) is 20.8 Å². The van der Waals surface area contributed by atoms with Crippen LogP contribution in [0.4, 0.5) is 14.0 Å². The second-order valence-electron chi connectivity index (χ2n) is 16.4. The second kappa shape index (κ2) is 14.2. The van der Waals surface area contributed by atoms with E-state index in [0.717, 1.165) is 12.8 Å². The van der Waals surface area contributed by atoms with Gasteiger partial charge in [0.05, 0.1) is 17.8 Å². The number of sulfonamides is 1. The van der Waals surface area contributed by atoms with Crippen molar-refractivity contribution in [2.45, 2.75) is 133 Å². The molecule has 3 fully saturated rings. The van der Waals surface area contributed by atoms with E-state index in [0.29, 0.717) is 43.2 Å². The Morgan fingerprint density at radius 2 is 1.83 bits per heavy atom. The lowest BCUT2D eigenvalue weighted by molar-refractivity contribution is -0.141. The number of halogens is 1. The molecule has 290 valence electrons. The molecule has 6 amide bonds. The summed E-state index contributed by atoms with van der Waals surface area (Å²) in [6.45, 7) is 7.11. The van der Waals surface area contributed by atoms with Crippen LogP contribution in [0.1, 0.15) is 96.6 Å². The number of amides is 6. The third kappa shape index (κ3) is 7.88. The molecule has 2 aliphatic carbocycles. The molecule has 16 heteroatoms. The summed E-state index contributed by atoms with van der Waals surface area (Å²) in [5.74, 6) is -3.00. The van der Waals surface area contributed by atoms with E-state index in [1.54, 1.807) is 26.1 Å². The maximum Gasteiger partial charge on any atom is 0.410 e. The highest BCUT2D eigenvalue weighted by molar-refractivity contribution is 7.91. The summed E-state index contributed by atoms with van der Waals surface area (Å²) in [7, 11) is -2.39. The predicted molar refractivity (Wildman–Crippen MR) is 192 cm³/mol. The molecular weight excluding hydrogens is 708 g/mol. The van der Waals surface area contributed by atoms with Gasteiger partial charge in [-0.2, -0.15) is 0 Å². The minimum atomic E-state index is -4.02. The molecule has 0 aromatic heterocycles. The monoisotopic (exact) mass is 758 g/mol. The Morgan fingerprint density at radius 1 is 1.09 bits per heavy atom. The Kier molecular flexibility index (Phi) is 10.3. The van der Waals surface area contributed by atoms with Crippen LogP contribution >= 0.6 is 0 Å². The van der Waals surface area contributed by atoms with Crippen LogP contribution in [0.5, 0.6) is 0 Å². The first-order valence-electron chi connectivity index (χ1n) is 18.5. The Balaban J connectivity index is 1.27. The first-order chi connectivity index (χ1) is 24.8. The lowest BCUT2D eigenvalue weighted by atomic mass is 10.0. The van der Waals surface area contributed by atoms with Gasteiger partial charge in [-0.15, -0.1) is 0 Å². The van der Waals surface area contributed by atoms with Crippen LogP contribution in [0, 0.1) is 11.7 Å². The van der Waals surface area contributed by atoms with Gasteiger partial charge in [0.15, 0.2) is 0 Å². The lowest BCUT2D eigenvalue weighted by Gasteiger charge is -2.35. The maximum atomic E-state index is 14.5. The van der Waals surface area contributed by atoms with Gasteiger partial charge < -0.3 is 25.2 Å². The van der Waals surface area contributed by atoms with Crippen molar-refractivity contribution in [1.82, 2.24) is 30.1 Å². The van der Waals surface area contributed by atoms with E-state index < -0.39 is 85.6 Å². The van der Waals surface area contributed by atoms with Crippen LogP contribution in [0.3, 0.4) is 0 Å². The smallest absolute Gasteiger partial charge is 0.410 e. The summed E-state index contributed by atoms with van der Waals surface area (Å²) in [5.41, 5.74) is -1.06. The number of allylic oxidation sites excluding steroid dienone is 1. The number of nitrogens with zero attached hydrogens (tertiary/aromatic N) is 3. The summed E-state index contributed by atoms with van der Waals surface area (Å²) < 4.78 is 47.6. The van der Waals surface area contributed by atoms with Gasteiger partial charge in [0.2, 0.25) is 21.8 Å². The van der Waals surface area contributed by atoms with E-state index in [1.807, 2.05) is 32.9 Å². The summed E-state index contributed by atoms with van der Waals surface area (Å²) >= 11 is 0. The predicted octanol–water partition coefficient (Wildman–Crippen LogP) is 3.45. The quantitative estimate of drug-likeness (QED) is 0.383. The summed E-state index contributed by atoms with van der Waals surface area (Å²) in [6, 6.07) is 1.93. The second-order valence-corrected chi connectivity index (χ2v) is 18.6.